The molecule has 174 valence electrons. The van der Waals surface area contributed by atoms with Gasteiger partial charge in [0.2, 0.25) is 0 Å². The zero-order chi connectivity index (χ0) is 23.8. The summed E-state index contributed by atoms with van der Waals surface area (Å²) in [6.45, 7) is 0.645. The van der Waals surface area contributed by atoms with Crippen molar-refractivity contribution >= 4 is 5.91 Å². The van der Waals surface area contributed by atoms with Crippen molar-refractivity contribution in [1.82, 2.24) is 30.1 Å². The van der Waals surface area contributed by atoms with E-state index in [0.29, 0.717) is 28.9 Å². The van der Waals surface area contributed by atoms with Crippen molar-refractivity contribution in [3.8, 4) is 0 Å². The molecule has 0 aliphatic carbocycles. The molecule has 1 N–H and O–H groups in total. The smallest absolute Gasteiger partial charge is 0.332 e. The summed E-state index contributed by atoms with van der Waals surface area (Å²) in [7, 11) is 0. The summed E-state index contributed by atoms with van der Waals surface area (Å²) in [4.78, 5) is 26.0. The van der Waals surface area contributed by atoms with Gasteiger partial charge in [0, 0.05) is 24.9 Å². The van der Waals surface area contributed by atoms with Crippen molar-refractivity contribution in [1.29, 1.82) is 0 Å². The first-order chi connectivity index (χ1) is 15.6. The lowest BCUT2D eigenvalue weighted by molar-refractivity contribution is -0.143. The maximum Gasteiger partial charge on any atom is 0.408 e. The van der Waals surface area contributed by atoms with Crippen molar-refractivity contribution in [3.63, 3.8) is 0 Å². The molecule has 4 rings (SSSR count). The van der Waals surface area contributed by atoms with Crippen LogP contribution < -0.4 is 5.56 Å². The zero-order valence-electron chi connectivity index (χ0n) is 17.6. The molecule has 0 saturated carbocycles. The fraction of sp³-hybridized carbons (Fsp3) is 0.381. The zero-order valence-corrected chi connectivity index (χ0v) is 17.6. The Morgan fingerprint density at radius 3 is 2.76 bits per heavy atom. The Morgan fingerprint density at radius 2 is 2.03 bits per heavy atom. The first-order valence-electron chi connectivity index (χ1n) is 10.3. The number of hydrogen-bond donors (Lipinski definition) is 1. The van der Waals surface area contributed by atoms with E-state index in [1.165, 1.54) is 23.1 Å². The number of aromatic nitrogens is 5. The molecule has 2 aromatic heterocycles. The highest BCUT2D eigenvalue weighted by atomic mass is 19.4. The summed E-state index contributed by atoms with van der Waals surface area (Å²) in [5, 5.41) is 13.7. The summed E-state index contributed by atoms with van der Waals surface area (Å²) >= 11 is 0. The Kier molecular flexibility index (Phi) is 6.00. The van der Waals surface area contributed by atoms with E-state index in [0.717, 1.165) is 4.68 Å². The molecule has 1 aromatic carbocycles. The van der Waals surface area contributed by atoms with E-state index in [9.17, 15) is 27.2 Å². The lowest BCUT2D eigenvalue weighted by atomic mass is 10.0. The highest BCUT2D eigenvalue weighted by molar-refractivity contribution is 5.94. The van der Waals surface area contributed by atoms with Crippen LogP contribution in [0.25, 0.3) is 0 Å². The number of alkyl halides is 3. The number of H-pyrrole nitrogens is 1. The van der Waals surface area contributed by atoms with Gasteiger partial charge in [-0.3, -0.25) is 9.59 Å². The number of carbonyl (C=O) groups is 1. The molecule has 0 radical (unpaired) electrons. The number of aryl methyl sites for hydroxylation is 1. The molecule has 0 bridgehead atoms. The number of amides is 1. The maximum atomic E-state index is 14.5. The van der Waals surface area contributed by atoms with Gasteiger partial charge in [0.15, 0.2) is 0 Å². The van der Waals surface area contributed by atoms with Crippen molar-refractivity contribution in [2.45, 2.75) is 45.5 Å². The molecule has 3 heterocycles. The fourth-order valence-electron chi connectivity index (χ4n) is 3.81. The Hall–Kier alpha value is -3.57. The number of hydrogen-bond acceptors (Lipinski definition) is 5. The summed E-state index contributed by atoms with van der Waals surface area (Å²) in [6.07, 6.45) is -3.49. The van der Waals surface area contributed by atoms with Gasteiger partial charge in [0.25, 0.3) is 11.5 Å². The SMILES string of the molecule is CCc1cc(Cc2ccc(F)c(C(=O)N3CCc4c(nnn4CC(F)(F)F)C3)c2)n[nH]c1=O. The van der Waals surface area contributed by atoms with Gasteiger partial charge in [-0.25, -0.2) is 14.2 Å². The normalized spacial score (nSPS) is 13.8. The number of aromatic amines is 1. The molecule has 1 aliphatic rings. The Balaban J connectivity index is 1.53. The number of nitrogens with one attached hydrogen (secondary N) is 1. The minimum absolute atomic E-state index is 0.0585. The van der Waals surface area contributed by atoms with E-state index in [2.05, 4.69) is 20.5 Å². The molecule has 0 atom stereocenters. The summed E-state index contributed by atoms with van der Waals surface area (Å²) < 4.78 is 53.4. The molecule has 0 unspecified atom stereocenters. The largest absolute Gasteiger partial charge is 0.408 e. The lowest BCUT2D eigenvalue weighted by Crippen LogP contribution is -2.37. The van der Waals surface area contributed by atoms with Crippen LogP contribution in [-0.2, 0) is 32.4 Å². The van der Waals surface area contributed by atoms with Gasteiger partial charge < -0.3 is 4.90 Å². The van der Waals surface area contributed by atoms with Gasteiger partial charge in [-0.05, 0) is 30.2 Å². The molecular weight excluding hydrogens is 444 g/mol. The average Bonchev–Trinajstić information content (AvgIpc) is 3.16. The van der Waals surface area contributed by atoms with Crippen LogP contribution in [0, 0.1) is 5.82 Å². The second-order valence-electron chi connectivity index (χ2n) is 7.79. The molecule has 0 fully saturated rings. The van der Waals surface area contributed by atoms with Crippen LogP contribution in [0.4, 0.5) is 17.6 Å². The minimum Gasteiger partial charge on any atom is -0.332 e. The number of carbonyl (C=O) groups excluding carboxylic acids is 1. The van der Waals surface area contributed by atoms with Gasteiger partial charge in [0.1, 0.15) is 18.1 Å². The highest BCUT2D eigenvalue weighted by Crippen LogP contribution is 2.24. The van der Waals surface area contributed by atoms with Gasteiger partial charge >= 0.3 is 6.18 Å². The Bertz CT molecular complexity index is 1250. The molecule has 0 spiro atoms. The number of halogens is 4. The molecule has 3 aromatic rings. The molecule has 8 nitrogen and oxygen atoms in total. The Labute approximate surface area is 185 Å². The maximum absolute atomic E-state index is 14.5. The van der Waals surface area contributed by atoms with Crippen LogP contribution in [0.5, 0.6) is 0 Å². The standard InChI is InChI=1S/C21H20F4N6O2/c1-2-13-9-14(26-28-19(13)32)7-12-3-4-16(22)15(8-12)20(33)30-6-5-18-17(10-30)27-29-31(18)11-21(23,24)25/h3-4,8-9H,2,5-7,10-11H2,1H3,(H,28,32). The van der Waals surface area contributed by atoms with E-state index < -0.39 is 24.4 Å². The second-order valence-corrected chi connectivity index (χ2v) is 7.79. The van der Waals surface area contributed by atoms with Crippen LogP contribution in [0.15, 0.2) is 29.1 Å². The summed E-state index contributed by atoms with van der Waals surface area (Å²) in [5.74, 6) is -1.30. The number of rotatable bonds is 5. The Morgan fingerprint density at radius 1 is 1.24 bits per heavy atom. The number of fused-ring (bicyclic) bond motifs is 1. The van der Waals surface area contributed by atoms with E-state index in [1.807, 2.05) is 6.92 Å². The van der Waals surface area contributed by atoms with Crippen molar-refractivity contribution in [2.75, 3.05) is 6.54 Å². The molecule has 12 heteroatoms. The quantitative estimate of drug-likeness (QED) is 0.585. The van der Waals surface area contributed by atoms with Crippen LogP contribution in [-0.4, -0.2) is 48.7 Å². The number of benzene rings is 1. The third-order valence-corrected chi connectivity index (χ3v) is 5.45. The predicted octanol–water partition coefficient (Wildman–Crippen LogP) is 2.41. The van der Waals surface area contributed by atoms with Gasteiger partial charge in [-0.15, -0.1) is 5.10 Å². The lowest BCUT2D eigenvalue weighted by Gasteiger charge is -2.27. The van der Waals surface area contributed by atoms with Crippen molar-refractivity contribution < 1.29 is 22.4 Å². The molecular formula is C21H20F4N6O2. The molecule has 0 saturated heterocycles. The van der Waals surface area contributed by atoms with Crippen molar-refractivity contribution in [3.05, 3.63) is 74.2 Å². The topological polar surface area (TPSA) is 96.8 Å². The average molecular weight is 464 g/mol. The third kappa shape index (κ3) is 4.94. The highest BCUT2D eigenvalue weighted by Gasteiger charge is 2.33. The van der Waals surface area contributed by atoms with Crippen molar-refractivity contribution in [2.24, 2.45) is 0 Å². The monoisotopic (exact) mass is 464 g/mol. The minimum atomic E-state index is -4.43. The third-order valence-electron chi connectivity index (χ3n) is 5.45. The molecule has 1 aliphatic heterocycles. The van der Waals surface area contributed by atoms with Crippen LogP contribution in [0.3, 0.4) is 0 Å². The van der Waals surface area contributed by atoms with E-state index in [4.69, 9.17) is 0 Å². The van der Waals surface area contributed by atoms with Gasteiger partial charge in [0.05, 0.1) is 23.5 Å². The number of nitrogens with zero attached hydrogens (tertiary/aromatic N) is 5. The first-order valence-corrected chi connectivity index (χ1v) is 10.3. The van der Waals surface area contributed by atoms with Crippen LogP contribution >= 0.6 is 0 Å². The van der Waals surface area contributed by atoms with Gasteiger partial charge in [-0.2, -0.15) is 18.3 Å². The summed E-state index contributed by atoms with van der Waals surface area (Å²) in [6, 6.07) is 5.80. The summed E-state index contributed by atoms with van der Waals surface area (Å²) in [5.41, 5.74) is 1.92. The first kappa shape index (κ1) is 22.6. The van der Waals surface area contributed by atoms with E-state index >= 15 is 0 Å². The van der Waals surface area contributed by atoms with Crippen LogP contribution in [0.2, 0.25) is 0 Å². The second kappa shape index (κ2) is 8.75. The van der Waals surface area contributed by atoms with Gasteiger partial charge in [-0.1, -0.05) is 18.2 Å². The van der Waals surface area contributed by atoms with Crippen LogP contribution in [0.1, 0.15) is 45.5 Å². The molecule has 33 heavy (non-hydrogen) atoms. The predicted molar refractivity (Wildman–Crippen MR) is 108 cm³/mol. The van der Waals surface area contributed by atoms with E-state index in [1.54, 1.807) is 6.07 Å². The fourth-order valence-corrected chi connectivity index (χ4v) is 3.81. The molecule has 1 amide bonds. The van der Waals surface area contributed by atoms with E-state index in [-0.39, 0.29) is 42.7 Å².